The fraction of sp³-hybridized carbons (Fsp3) is 0.353. The fourth-order valence-electron chi connectivity index (χ4n) is 3.10. The Bertz CT molecular complexity index is 690. The molecular formula is C17H19BrN2O. The number of rotatable bonds is 2. The zero-order valence-electron chi connectivity index (χ0n) is 12.4. The summed E-state index contributed by atoms with van der Waals surface area (Å²) in [6, 6.07) is 8.21. The highest BCUT2D eigenvalue weighted by molar-refractivity contribution is 9.10. The van der Waals surface area contributed by atoms with Crippen molar-refractivity contribution in [2.45, 2.75) is 33.2 Å². The van der Waals surface area contributed by atoms with Gasteiger partial charge >= 0.3 is 0 Å². The largest absolute Gasteiger partial charge is 0.343 e. The summed E-state index contributed by atoms with van der Waals surface area (Å²) in [5.41, 5.74) is 4.31. The van der Waals surface area contributed by atoms with Gasteiger partial charge in [-0.2, -0.15) is 0 Å². The molecular weight excluding hydrogens is 328 g/mol. The molecule has 0 bridgehead atoms. The summed E-state index contributed by atoms with van der Waals surface area (Å²) in [4.78, 5) is 14.9. The maximum atomic E-state index is 13.0. The molecule has 0 atom stereocenters. The Morgan fingerprint density at radius 3 is 2.95 bits per heavy atom. The van der Waals surface area contributed by atoms with E-state index in [1.54, 1.807) is 0 Å². The number of benzene rings is 1. The van der Waals surface area contributed by atoms with Crippen LogP contribution in [0.4, 0.5) is 5.69 Å². The van der Waals surface area contributed by atoms with Crippen LogP contribution in [0.5, 0.6) is 0 Å². The van der Waals surface area contributed by atoms with E-state index in [0.717, 1.165) is 41.8 Å². The maximum absolute atomic E-state index is 13.0. The third-order valence-electron chi connectivity index (χ3n) is 4.09. The van der Waals surface area contributed by atoms with Gasteiger partial charge in [-0.25, -0.2) is 0 Å². The number of hydrogen-bond acceptors (Lipinski definition) is 1. The highest BCUT2D eigenvalue weighted by atomic mass is 79.9. The molecule has 0 saturated heterocycles. The second-order valence-electron chi connectivity index (χ2n) is 5.47. The second kappa shape index (κ2) is 5.68. The molecule has 21 heavy (non-hydrogen) atoms. The first-order valence-electron chi connectivity index (χ1n) is 7.38. The van der Waals surface area contributed by atoms with Gasteiger partial charge < -0.3 is 9.47 Å². The number of para-hydroxylation sites is 1. The zero-order valence-corrected chi connectivity index (χ0v) is 14.0. The molecule has 0 aliphatic carbocycles. The molecule has 1 amide bonds. The lowest BCUT2D eigenvalue weighted by molar-refractivity contribution is 0.0976. The molecule has 110 valence electrons. The first-order chi connectivity index (χ1) is 10.1. The smallest absolute Gasteiger partial charge is 0.274 e. The number of carbonyl (C=O) groups is 1. The van der Waals surface area contributed by atoms with Crippen LogP contribution in [-0.4, -0.2) is 17.0 Å². The molecule has 0 N–H and O–H groups in total. The quantitative estimate of drug-likeness (QED) is 0.800. The summed E-state index contributed by atoms with van der Waals surface area (Å²) in [5, 5.41) is 0. The van der Waals surface area contributed by atoms with Crippen LogP contribution in [-0.2, 0) is 13.0 Å². The van der Waals surface area contributed by atoms with Gasteiger partial charge in [0.2, 0.25) is 0 Å². The molecule has 0 saturated carbocycles. The van der Waals surface area contributed by atoms with Crippen molar-refractivity contribution < 1.29 is 4.79 Å². The van der Waals surface area contributed by atoms with Crippen molar-refractivity contribution in [3.8, 4) is 0 Å². The van der Waals surface area contributed by atoms with Crippen LogP contribution >= 0.6 is 15.9 Å². The van der Waals surface area contributed by atoms with E-state index in [2.05, 4.69) is 48.0 Å². The van der Waals surface area contributed by atoms with Gasteiger partial charge in [0.1, 0.15) is 5.69 Å². The van der Waals surface area contributed by atoms with Gasteiger partial charge in [0.05, 0.1) is 5.69 Å². The van der Waals surface area contributed by atoms with E-state index in [1.807, 2.05) is 21.7 Å². The number of fused-ring (bicyclic) bond motifs is 1. The second-order valence-corrected chi connectivity index (χ2v) is 6.39. The van der Waals surface area contributed by atoms with Crippen LogP contribution in [0.1, 0.15) is 35.0 Å². The van der Waals surface area contributed by atoms with Crippen molar-refractivity contribution in [2.75, 3.05) is 11.4 Å². The Morgan fingerprint density at radius 1 is 1.38 bits per heavy atom. The van der Waals surface area contributed by atoms with E-state index in [1.165, 1.54) is 11.1 Å². The van der Waals surface area contributed by atoms with Crippen LogP contribution in [0, 0.1) is 6.92 Å². The summed E-state index contributed by atoms with van der Waals surface area (Å²) < 4.78 is 2.95. The monoisotopic (exact) mass is 346 g/mol. The van der Waals surface area contributed by atoms with Gasteiger partial charge in [-0.3, -0.25) is 4.79 Å². The minimum Gasteiger partial charge on any atom is -0.343 e. The molecule has 0 spiro atoms. The van der Waals surface area contributed by atoms with Gasteiger partial charge in [-0.05, 0) is 59.8 Å². The van der Waals surface area contributed by atoms with E-state index >= 15 is 0 Å². The SMILES string of the molecule is CCn1cc(Br)cc1C(=O)N1CCCc2cccc(C)c21. The van der Waals surface area contributed by atoms with E-state index in [0.29, 0.717) is 0 Å². The average Bonchev–Trinajstić information content (AvgIpc) is 2.87. The number of halogens is 1. The maximum Gasteiger partial charge on any atom is 0.274 e. The first-order valence-corrected chi connectivity index (χ1v) is 8.17. The molecule has 2 aromatic rings. The number of carbonyl (C=O) groups excluding carboxylic acids is 1. The van der Waals surface area contributed by atoms with E-state index in [4.69, 9.17) is 0 Å². The molecule has 1 aliphatic rings. The normalized spacial score (nSPS) is 14.1. The molecule has 3 nitrogen and oxygen atoms in total. The summed E-state index contributed by atoms with van der Waals surface area (Å²) in [6.45, 7) is 5.72. The Kier molecular flexibility index (Phi) is 3.89. The molecule has 1 aromatic carbocycles. The van der Waals surface area contributed by atoms with Crippen LogP contribution in [0.3, 0.4) is 0 Å². The zero-order chi connectivity index (χ0) is 15.0. The van der Waals surface area contributed by atoms with Gasteiger partial charge in [-0.1, -0.05) is 18.2 Å². The predicted molar refractivity (Wildman–Crippen MR) is 89.0 cm³/mol. The Hall–Kier alpha value is -1.55. The third kappa shape index (κ3) is 2.53. The molecule has 0 radical (unpaired) electrons. The minimum absolute atomic E-state index is 0.0952. The van der Waals surface area contributed by atoms with Gasteiger partial charge in [0, 0.05) is 23.8 Å². The molecule has 0 fully saturated rings. The van der Waals surface area contributed by atoms with Crippen molar-refractivity contribution in [3.05, 3.63) is 51.8 Å². The molecule has 0 unspecified atom stereocenters. The number of hydrogen-bond donors (Lipinski definition) is 0. The van der Waals surface area contributed by atoms with E-state index in [-0.39, 0.29) is 5.91 Å². The highest BCUT2D eigenvalue weighted by Gasteiger charge is 2.26. The van der Waals surface area contributed by atoms with Crippen molar-refractivity contribution in [3.63, 3.8) is 0 Å². The van der Waals surface area contributed by atoms with Gasteiger partial charge in [0.25, 0.3) is 5.91 Å². The number of aromatic nitrogens is 1. The third-order valence-corrected chi connectivity index (χ3v) is 4.52. The van der Waals surface area contributed by atoms with Crippen LogP contribution < -0.4 is 4.90 Å². The summed E-state index contributed by atoms with van der Waals surface area (Å²) in [6.07, 6.45) is 4.05. The standard InChI is InChI=1S/C17H19BrN2O/c1-3-19-11-14(18)10-15(19)17(21)20-9-5-8-13-7-4-6-12(2)16(13)20/h4,6-7,10-11H,3,5,8-9H2,1-2H3. The van der Waals surface area contributed by atoms with Crippen molar-refractivity contribution >= 4 is 27.5 Å². The Balaban J connectivity index is 2.04. The molecule has 3 rings (SSSR count). The lowest BCUT2D eigenvalue weighted by Crippen LogP contribution is -2.37. The van der Waals surface area contributed by atoms with E-state index < -0.39 is 0 Å². The van der Waals surface area contributed by atoms with Crippen LogP contribution in [0.2, 0.25) is 0 Å². The van der Waals surface area contributed by atoms with Crippen molar-refractivity contribution in [1.29, 1.82) is 0 Å². The predicted octanol–water partition coefficient (Wildman–Crippen LogP) is 4.17. The topological polar surface area (TPSA) is 25.2 Å². The first kappa shape index (κ1) is 14.4. The molecule has 1 aliphatic heterocycles. The number of amides is 1. The molecule has 1 aromatic heterocycles. The molecule has 4 heteroatoms. The van der Waals surface area contributed by atoms with Crippen molar-refractivity contribution in [1.82, 2.24) is 4.57 Å². The Labute approximate surface area is 133 Å². The van der Waals surface area contributed by atoms with Gasteiger partial charge in [-0.15, -0.1) is 0 Å². The van der Waals surface area contributed by atoms with Gasteiger partial charge in [0.15, 0.2) is 0 Å². The number of aryl methyl sites for hydroxylation is 3. The highest BCUT2D eigenvalue weighted by Crippen LogP contribution is 2.32. The number of nitrogens with zero attached hydrogens (tertiary/aromatic N) is 2. The minimum atomic E-state index is 0.0952. The van der Waals surface area contributed by atoms with Crippen molar-refractivity contribution in [2.24, 2.45) is 0 Å². The van der Waals surface area contributed by atoms with Crippen LogP contribution in [0.15, 0.2) is 34.9 Å². The average molecular weight is 347 g/mol. The lowest BCUT2D eigenvalue weighted by Gasteiger charge is -2.31. The summed E-state index contributed by atoms with van der Waals surface area (Å²) in [7, 11) is 0. The Morgan fingerprint density at radius 2 is 2.19 bits per heavy atom. The molecule has 2 heterocycles. The van der Waals surface area contributed by atoms with E-state index in [9.17, 15) is 4.79 Å². The summed E-state index contributed by atoms with van der Waals surface area (Å²) in [5.74, 6) is 0.0952. The fourth-order valence-corrected chi connectivity index (χ4v) is 3.57. The lowest BCUT2D eigenvalue weighted by atomic mass is 9.98. The number of anilines is 1. The summed E-state index contributed by atoms with van der Waals surface area (Å²) >= 11 is 3.47. The van der Waals surface area contributed by atoms with Crippen LogP contribution in [0.25, 0.3) is 0 Å².